The van der Waals surface area contributed by atoms with Crippen molar-refractivity contribution in [2.24, 2.45) is 16.9 Å². The van der Waals surface area contributed by atoms with Crippen molar-refractivity contribution in [3.8, 4) is 12.1 Å². The molecule has 1 aromatic rings. The Morgan fingerprint density at radius 1 is 1.29 bits per heavy atom. The van der Waals surface area contributed by atoms with Crippen LogP contribution in [0.4, 0.5) is 0 Å². The van der Waals surface area contributed by atoms with Crippen LogP contribution in [0, 0.1) is 34.5 Å². The molecule has 0 amide bonds. The maximum absolute atomic E-state index is 12.3. The Morgan fingerprint density at radius 3 is 2.81 bits per heavy atom. The highest BCUT2D eigenvalue weighted by molar-refractivity contribution is 5.88. The highest BCUT2D eigenvalue weighted by Gasteiger charge is 2.65. The molecule has 0 bridgehead atoms. The van der Waals surface area contributed by atoms with Gasteiger partial charge in [0.2, 0.25) is 5.54 Å². The Bertz CT molecular complexity index is 740. The second-order valence-corrected chi connectivity index (χ2v) is 5.79. The summed E-state index contributed by atoms with van der Waals surface area (Å²) in [5, 5.41) is 25.2. The number of nitrogens with zero attached hydrogens (tertiary/aromatic N) is 4. The van der Waals surface area contributed by atoms with E-state index in [-0.39, 0.29) is 23.7 Å². The zero-order chi connectivity index (χ0) is 14.6. The summed E-state index contributed by atoms with van der Waals surface area (Å²) in [5.74, 6) is -0.412. The number of rotatable bonds is 0. The molecule has 2 aliphatic heterocycles. The minimum absolute atomic E-state index is 0.147. The van der Waals surface area contributed by atoms with Gasteiger partial charge in [-0.2, -0.15) is 15.6 Å². The monoisotopic (exact) mass is 276 g/mol. The van der Waals surface area contributed by atoms with E-state index in [1.165, 1.54) is 0 Å². The molecule has 1 saturated heterocycles. The predicted octanol–water partition coefficient (Wildman–Crippen LogP) is 1.77. The van der Waals surface area contributed by atoms with Gasteiger partial charge in [0.1, 0.15) is 17.9 Å². The van der Waals surface area contributed by atoms with Crippen molar-refractivity contribution >= 4 is 12.0 Å². The van der Waals surface area contributed by atoms with Gasteiger partial charge in [0.15, 0.2) is 0 Å². The highest BCUT2D eigenvalue weighted by atomic mass is 16.1. The smallest absolute Gasteiger partial charge is 0.233 e. The predicted molar refractivity (Wildman–Crippen MR) is 73.8 cm³/mol. The second kappa shape index (κ2) is 3.93. The first-order valence-electron chi connectivity index (χ1n) is 7.00. The fourth-order valence-electron chi connectivity index (χ4n) is 4.08. The van der Waals surface area contributed by atoms with Gasteiger partial charge < -0.3 is 0 Å². The second-order valence-electron chi connectivity index (χ2n) is 5.79. The van der Waals surface area contributed by atoms with Gasteiger partial charge in [0, 0.05) is 12.3 Å². The molecule has 1 aromatic carbocycles. The van der Waals surface area contributed by atoms with Crippen LogP contribution in [0.1, 0.15) is 30.0 Å². The van der Waals surface area contributed by atoms with Gasteiger partial charge in [0.25, 0.3) is 0 Å². The van der Waals surface area contributed by atoms with Crippen molar-refractivity contribution < 1.29 is 4.79 Å². The van der Waals surface area contributed by atoms with Crippen LogP contribution in [0.3, 0.4) is 0 Å². The van der Waals surface area contributed by atoms with Gasteiger partial charge in [-0.15, -0.1) is 0 Å². The molecule has 21 heavy (non-hydrogen) atoms. The lowest BCUT2D eigenvalue weighted by molar-refractivity contribution is -0.121. The van der Waals surface area contributed by atoms with Crippen LogP contribution in [0.2, 0.25) is 0 Å². The number of benzene rings is 1. The summed E-state index contributed by atoms with van der Waals surface area (Å²) in [7, 11) is 0. The number of ketones is 1. The van der Waals surface area contributed by atoms with Crippen LogP contribution in [0.25, 0.3) is 0 Å². The first kappa shape index (κ1) is 12.1. The fraction of sp³-hybridized carbons (Fsp3) is 0.375. The number of fused-ring (bicyclic) bond motifs is 5. The van der Waals surface area contributed by atoms with E-state index < -0.39 is 5.54 Å². The Hall–Kier alpha value is -2.66. The number of carbonyl (C=O) groups excluding carboxylic acids is 1. The molecule has 5 heteroatoms. The Balaban J connectivity index is 1.97. The highest BCUT2D eigenvalue weighted by Crippen LogP contribution is 2.57. The third-order valence-electron chi connectivity index (χ3n) is 4.99. The average molecular weight is 276 g/mol. The SMILES string of the molecule is N#CC1(C#N)C2CCC(=O)[C@H]2[C@@H]2c3ccccc3C=NN21. The van der Waals surface area contributed by atoms with E-state index in [0.29, 0.717) is 12.8 Å². The van der Waals surface area contributed by atoms with Crippen molar-refractivity contribution in [2.45, 2.75) is 24.4 Å². The Morgan fingerprint density at radius 2 is 2.05 bits per heavy atom. The number of Topliss-reactive ketones (excluding diaryl/α,β-unsaturated/α-hetero) is 1. The molecule has 1 aliphatic carbocycles. The van der Waals surface area contributed by atoms with Crippen LogP contribution in [0.15, 0.2) is 29.4 Å². The zero-order valence-corrected chi connectivity index (χ0v) is 11.2. The van der Waals surface area contributed by atoms with Crippen LogP contribution < -0.4 is 0 Å². The molecule has 0 spiro atoms. The van der Waals surface area contributed by atoms with Crippen molar-refractivity contribution in [1.29, 1.82) is 10.5 Å². The molecule has 1 unspecified atom stereocenters. The van der Waals surface area contributed by atoms with Crippen molar-refractivity contribution in [3.63, 3.8) is 0 Å². The minimum Gasteiger partial charge on any atom is -0.299 e. The summed E-state index contributed by atoms with van der Waals surface area (Å²) in [5.41, 5.74) is 0.625. The molecule has 2 heterocycles. The standard InChI is InChI=1S/C16H12N4O/c17-8-16(9-18)12-5-6-13(21)14(12)15-11-4-2-1-3-10(11)7-19-20(15)16/h1-4,7,12,14-15H,5-6H2/t12?,14-,15-/m0/s1. The molecule has 5 nitrogen and oxygen atoms in total. The maximum Gasteiger partial charge on any atom is 0.233 e. The largest absolute Gasteiger partial charge is 0.299 e. The van der Waals surface area contributed by atoms with E-state index in [1.54, 1.807) is 11.2 Å². The number of carbonyl (C=O) groups is 1. The summed E-state index contributed by atoms with van der Waals surface area (Å²) in [6.45, 7) is 0. The number of hydrazone groups is 1. The van der Waals surface area contributed by atoms with Crippen molar-refractivity contribution in [3.05, 3.63) is 35.4 Å². The molecule has 3 atom stereocenters. The number of hydrogen-bond acceptors (Lipinski definition) is 5. The van der Waals surface area contributed by atoms with Gasteiger partial charge >= 0.3 is 0 Å². The van der Waals surface area contributed by atoms with Crippen LogP contribution >= 0.6 is 0 Å². The molecule has 102 valence electrons. The molecule has 0 N–H and O–H groups in total. The van der Waals surface area contributed by atoms with Gasteiger partial charge in [-0.3, -0.25) is 9.80 Å². The van der Waals surface area contributed by atoms with Gasteiger partial charge in [0.05, 0.1) is 18.2 Å². The summed E-state index contributed by atoms with van der Waals surface area (Å²) < 4.78 is 0. The van der Waals surface area contributed by atoms with Crippen molar-refractivity contribution in [2.75, 3.05) is 0 Å². The number of hydrogen-bond donors (Lipinski definition) is 0. The lowest BCUT2D eigenvalue weighted by Crippen LogP contribution is -2.44. The average Bonchev–Trinajstić information content (AvgIpc) is 3.04. The van der Waals surface area contributed by atoms with Gasteiger partial charge in [-0.05, 0) is 17.5 Å². The molecule has 4 rings (SSSR count). The molecule has 0 radical (unpaired) electrons. The third-order valence-corrected chi connectivity index (χ3v) is 4.99. The molecular weight excluding hydrogens is 264 g/mol. The summed E-state index contributed by atoms with van der Waals surface area (Å²) in [4.78, 5) is 12.3. The maximum atomic E-state index is 12.3. The summed E-state index contributed by atoms with van der Waals surface area (Å²) >= 11 is 0. The first-order chi connectivity index (χ1) is 10.2. The fourth-order valence-corrected chi connectivity index (χ4v) is 4.08. The summed E-state index contributed by atoms with van der Waals surface area (Å²) in [6, 6.07) is 11.8. The normalized spacial score (nSPS) is 31.0. The summed E-state index contributed by atoms with van der Waals surface area (Å²) in [6.07, 6.45) is 2.73. The van der Waals surface area contributed by atoms with Crippen LogP contribution in [0.5, 0.6) is 0 Å². The third kappa shape index (κ3) is 1.29. The molecule has 0 aromatic heterocycles. The molecule has 1 saturated carbocycles. The molecule has 2 fully saturated rings. The first-order valence-corrected chi connectivity index (χ1v) is 7.00. The Kier molecular flexibility index (Phi) is 2.26. The van der Waals surface area contributed by atoms with E-state index in [4.69, 9.17) is 0 Å². The van der Waals surface area contributed by atoms with E-state index in [0.717, 1.165) is 11.1 Å². The van der Waals surface area contributed by atoms with E-state index in [2.05, 4.69) is 17.2 Å². The van der Waals surface area contributed by atoms with E-state index in [1.807, 2.05) is 24.3 Å². The zero-order valence-electron chi connectivity index (χ0n) is 11.2. The van der Waals surface area contributed by atoms with Crippen LogP contribution in [-0.4, -0.2) is 22.5 Å². The van der Waals surface area contributed by atoms with E-state index >= 15 is 0 Å². The lowest BCUT2D eigenvalue weighted by atomic mass is 9.81. The molecular formula is C16H12N4O. The lowest BCUT2D eigenvalue weighted by Gasteiger charge is -2.34. The molecule has 3 aliphatic rings. The van der Waals surface area contributed by atoms with Crippen LogP contribution in [-0.2, 0) is 4.79 Å². The van der Waals surface area contributed by atoms with Gasteiger partial charge in [-0.1, -0.05) is 24.3 Å². The van der Waals surface area contributed by atoms with Gasteiger partial charge in [-0.25, -0.2) is 0 Å². The van der Waals surface area contributed by atoms with Crippen molar-refractivity contribution in [1.82, 2.24) is 5.01 Å². The topological polar surface area (TPSA) is 80.2 Å². The van der Waals surface area contributed by atoms with E-state index in [9.17, 15) is 15.3 Å². The Labute approximate surface area is 122 Å². The quantitative estimate of drug-likeness (QED) is 0.723. The number of nitriles is 2. The minimum atomic E-state index is -1.33.